The number of hydrogen-bond donors (Lipinski definition) is 0. The van der Waals surface area contributed by atoms with Crippen LogP contribution >= 0.6 is 0 Å². The van der Waals surface area contributed by atoms with Crippen molar-refractivity contribution in [1.29, 1.82) is 0 Å². The van der Waals surface area contributed by atoms with Crippen LogP contribution in [0.15, 0.2) is 18.3 Å². The van der Waals surface area contributed by atoms with E-state index >= 15 is 0 Å². The van der Waals surface area contributed by atoms with Gasteiger partial charge in [-0.05, 0) is 24.6 Å². The summed E-state index contributed by atoms with van der Waals surface area (Å²) in [5.74, 6) is -1.27. The van der Waals surface area contributed by atoms with E-state index in [1.165, 1.54) is 10.7 Å². The Morgan fingerprint density at radius 1 is 1.24 bits per heavy atom. The number of alkyl halides is 3. The van der Waals surface area contributed by atoms with Crippen molar-refractivity contribution in [1.82, 2.24) is 24.8 Å². The summed E-state index contributed by atoms with van der Waals surface area (Å²) in [4.78, 5) is 3.69. The van der Waals surface area contributed by atoms with Crippen LogP contribution in [0, 0.1) is 12.7 Å². The van der Waals surface area contributed by atoms with Gasteiger partial charge in [0, 0.05) is 11.8 Å². The van der Waals surface area contributed by atoms with E-state index in [2.05, 4.69) is 29.8 Å². The molecule has 25 heavy (non-hydrogen) atoms. The number of nitrogens with zero attached hydrogens (tertiary/aromatic N) is 5. The maximum absolute atomic E-state index is 13.9. The van der Waals surface area contributed by atoms with Crippen LogP contribution in [0.1, 0.15) is 11.4 Å². The zero-order valence-corrected chi connectivity index (χ0v) is 12.8. The van der Waals surface area contributed by atoms with Crippen LogP contribution in [0.5, 0.6) is 5.88 Å². The number of aryl methyl sites for hydroxylation is 1. The third kappa shape index (κ3) is 3.50. The average molecular weight is 357 g/mol. The van der Waals surface area contributed by atoms with Crippen LogP contribution in [0.4, 0.5) is 17.6 Å². The minimum atomic E-state index is -2.96. The Bertz CT molecular complexity index is 902. The molecule has 3 heterocycles. The van der Waals surface area contributed by atoms with Gasteiger partial charge in [0.05, 0.1) is 5.69 Å². The van der Waals surface area contributed by atoms with Crippen molar-refractivity contribution >= 4 is 5.65 Å². The van der Waals surface area contributed by atoms with E-state index in [0.717, 1.165) is 6.07 Å². The van der Waals surface area contributed by atoms with E-state index < -0.39 is 31.8 Å². The fourth-order valence-corrected chi connectivity index (χ4v) is 2.19. The molecule has 0 bridgehead atoms. The van der Waals surface area contributed by atoms with Gasteiger partial charge in [0.15, 0.2) is 17.3 Å². The van der Waals surface area contributed by atoms with E-state index in [1.807, 2.05) is 0 Å². The average Bonchev–Trinajstić information content (AvgIpc) is 2.96. The maximum atomic E-state index is 13.9. The third-order valence-electron chi connectivity index (χ3n) is 3.26. The molecule has 0 radical (unpaired) electrons. The lowest BCUT2D eigenvalue weighted by Crippen LogP contribution is -2.06. The number of hydrogen-bond acceptors (Lipinski definition) is 6. The Hall–Kier alpha value is -2.82. The minimum absolute atomic E-state index is 0.0577. The number of aromatic nitrogens is 5. The van der Waals surface area contributed by atoms with Gasteiger partial charge in [-0.15, -0.1) is 10.2 Å². The molecule has 0 aliphatic carbocycles. The molecule has 0 amide bonds. The predicted molar refractivity (Wildman–Crippen MR) is 76.1 cm³/mol. The van der Waals surface area contributed by atoms with E-state index in [-0.39, 0.29) is 11.4 Å². The maximum Gasteiger partial charge on any atom is 0.345 e. The summed E-state index contributed by atoms with van der Waals surface area (Å²) in [5.41, 5.74) is 1.56. The van der Waals surface area contributed by atoms with Crippen molar-refractivity contribution < 1.29 is 27.0 Å². The molecule has 3 aromatic heterocycles. The molecule has 7 nitrogen and oxygen atoms in total. The lowest BCUT2D eigenvalue weighted by molar-refractivity contribution is -0.139. The van der Waals surface area contributed by atoms with Gasteiger partial charge in [-0.2, -0.15) is 18.4 Å². The molecule has 11 heteroatoms. The molecule has 0 aromatic carbocycles. The van der Waals surface area contributed by atoms with Crippen LogP contribution in [-0.2, 0) is 11.3 Å². The third-order valence-corrected chi connectivity index (χ3v) is 3.26. The van der Waals surface area contributed by atoms with Crippen molar-refractivity contribution in [2.45, 2.75) is 20.1 Å². The largest absolute Gasteiger partial charge is 0.444 e. The number of rotatable bonds is 6. The van der Waals surface area contributed by atoms with Crippen LogP contribution < -0.4 is 4.74 Å². The van der Waals surface area contributed by atoms with Crippen LogP contribution in [0.2, 0.25) is 0 Å². The first-order valence-electron chi connectivity index (χ1n) is 6.96. The lowest BCUT2D eigenvalue weighted by atomic mass is 10.1. The first-order chi connectivity index (χ1) is 12.0. The Morgan fingerprint density at radius 2 is 2.04 bits per heavy atom. The summed E-state index contributed by atoms with van der Waals surface area (Å²) >= 11 is 0. The van der Waals surface area contributed by atoms with Gasteiger partial charge in [-0.1, -0.05) is 0 Å². The van der Waals surface area contributed by atoms with Gasteiger partial charge in [0.1, 0.15) is 6.61 Å². The second-order valence-electron chi connectivity index (χ2n) is 4.90. The normalized spacial score (nSPS) is 11.4. The van der Waals surface area contributed by atoms with Crippen molar-refractivity contribution in [3.05, 3.63) is 35.5 Å². The fourth-order valence-electron chi connectivity index (χ4n) is 2.19. The van der Waals surface area contributed by atoms with E-state index in [1.54, 1.807) is 13.0 Å². The molecule has 0 aliphatic rings. The summed E-state index contributed by atoms with van der Waals surface area (Å²) in [6.07, 6.45) is 1.26. The molecule has 0 saturated carbocycles. The van der Waals surface area contributed by atoms with Crippen molar-refractivity contribution in [3.8, 4) is 17.1 Å². The summed E-state index contributed by atoms with van der Waals surface area (Å²) in [6.45, 7) is -2.96. The smallest absolute Gasteiger partial charge is 0.345 e. The van der Waals surface area contributed by atoms with Crippen molar-refractivity contribution in [3.63, 3.8) is 0 Å². The van der Waals surface area contributed by atoms with Gasteiger partial charge >= 0.3 is 6.61 Å². The molecule has 0 aliphatic heterocycles. The van der Waals surface area contributed by atoms with Gasteiger partial charge in [0.2, 0.25) is 6.86 Å². The molecule has 3 aromatic rings. The topological polar surface area (TPSA) is 74.4 Å². The molecule has 0 unspecified atom stereocenters. The second kappa shape index (κ2) is 6.97. The Kier molecular flexibility index (Phi) is 4.74. The zero-order chi connectivity index (χ0) is 18.0. The molecular formula is C14H11F4N5O2. The molecule has 132 valence electrons. The summed E-state index contributed by atoms with van der Waals surface area (Å²) < 4.78 is 60.2. The number of halogens is 4. The Morgan fingerprint density at radius 3 is 2.72 bits per heavy atom. The quantitative estimate of drug-likeness (QED) is 0.632. The predicted octanol–water partition coefficient (Wildman–Crippen LogP) is 2.68. The van der Waals surface area contributed by atoms with Gasteiger partial charge < -0.3 is 9.47 Å². The number of fused-ring (bicyclic) bond motifs is 1. The highest BCUT2D eigenvalue weighted by molar-refractivity contribution is 5.64. The SMILES string of the molecule is Cc1cc2nnc(COC(F)F)n2nc1-c1cnc(OCF)c(F)c1. The highest BCUT2D eigenvalue weighted by Crippen LogP contribution is 2.25. The molecule has 3 rings (SSSR count). The van der Waals surface area contributed by atoms with Crippen LogP contribution in [-0.4, -0.2) is 38.3 Å². The molecule has 0 atom stereocenters. The molecular weight excluding hydrogens is 346 g/mol. The van der Waals surface area contributed by atoms with Gasteiger partial charge in [-0.3, -0.25) is 0 Å². The minimum Gasteiger partial charge on any atom is -0.444 e. The van der Waals surface area contributed by atoms with E-state index in [0.29, 0.717) is 16.9 Å². The highest BCUT2D eigenvalue weighted by atomic mass is 19.3. The van der Waals surface area contributed by atoms with E-state index in [9.17, 15) is 17.6 Å². The fraction of sp³-hybridized carbons (Fsp3) is 0.286. The Balaban J connectivity index is 2.02. The highest BCUT2D eigenvalue weighted by Gasteiger charge is 2.15. The number of ether oxygens (including phenoxy) is 2. The summed E-state index contributed by atoms with van der Waals surface area (Å²) in [7, 11) is 0. The monoisotopic (exact) mass is 357 g/mol. The zero-order valence-electron chi connectivity index (χ0n) is 12.8. The standard InChI is InChI=1S/C14H11F4N5O2/c1-7-2-10-20-21-11(5-24-14(17)18)23(10)22-12(7)8-3-9(16)13(19-4-8)25-6-15/h2-4,14H,5-6H2,1H3. The van der Waals surface area contributed by atoms with Gasteiger partial charge in [-0.25, -0.2) is 13.8 Å². The van der Waals surface area contributed by atoms with Gasteiger partial charge in [0.25, 0.3) is 5.88 Å². The summed E-state index contributed by atoms with van der Waals surface area (Å²) in [6, 6.07) is 2.68. The first-order valence-corrected chi connectivity index (χ1v) is 6.96. The molecule has 0 fully saturated rings. The summed E-state index contributed by atoms with van der Waals surface area (Å²) in [5, 5.41) is 11.8. The van der Waals surface area contributed by atoms with E-state index in [4.69, 9.17) is 0 Å². The van der Waals surface area contributed by atoms with Crippen molar-refractivity contribution in [2.75, 3.05) is 6.86 Å². The second-order valence-corrected chi connectivity index (χ2v) is 4.90. The van der Waals surface area contributed by atoms with Crippen molar-refractivity contribution in [2.24, 2.45) is 0 Å². The number of pyridine rings is 1. The Labute approximate surface area is 138 Å². The lowest BCUT2D eigenvalue weighted by Gasteiger charge is -2.08. The van der Waals surface area contributed by atoms with Crippen LogP contribution in [0.3, 0.4) is 0 Å². The molecule has 0 N–H and O–H groups in total. The molecule has 0 spiro atoms. The molecule has 0 saturated heterocycles. The first kappa shape index (κ1) is 17.0. The van der Waals surface area contributed by atoms with Crippen LogP contribution in [0.25, 0.3) is 16.9 Å².